The molecule has 0 saturated carbocycles. The second kappa shape index (κ2) is 6.14. The highest BCUT2D eigenvalue weighted by Gasteiger charge is 2.49. The maximum absolute atomic E-state index is 14.9. The molecule has 8 nitrogen and oxygen atoms in total. The molecule has 0 amide bonds. The molecule has 0 aliphatic carbocycles. The predicted molar refractivity (Wildman–Crippen MR) is 98.4 cm³/mol. The molecule has 144 valence electrons. The molecule has 28 heavy (non-hydrogen) atoms. The van der Waals surface area contributed by atoms with E-state index in [1.54, 1.807) is 40.9 Å². The fourth-order valence-electron chi connectivity index (χ4n) is 3.87. The Morgan fingerprint density at radius 3 is 2.86 bits per heavy atom. The van der Waals surface area contributed by atoms with Gasteiger partial charge in [-0.3, -0.25) is 9.88 Å². The number of benzene rings is 1. The minimum atomic E-state index is -2.91. The highest BCUT2D eigenvalue weighted by Crippen LogP contribution is 2.40. The molecule has 0 bridgehead atoms. The number of rotatable bonds is 3. The van der Waals surface area contributed by atoms with Crippen molar-refractivity contribution < 1.29 is 8.78 Å². The lowest BCUT2D eigenvalue weighted by molar-refractivity contribution is -0.0202. The third-order valence-electron chi connectivity index (χ3n) is 5.01. The van der Waals surface area contributed by atoms with Crippen LogP contribution in [0.3, 0.4) is 0 Å². The van der Waals surface area contributed by atoms with Crippen molar-refractivity contribution >= 4 is 33.5 Å². The number of hydrogen-bond acceptors (Lipinski definition) is 6. The van der Waals surface area contributed by atoms with Gasteiger partial charge in [0.2, 0.25) is 0 Å². The lowest BCUT2D eigenvalue weighted by atomic mass is 10.1. The van der Waals surface area contributed by atoms with Crippen molar-refractivity contribution in [2.75, 3.05) is 20.1 Å². The quantitative estimate of drug-likeness (QED) is 0.522. The van der Waals surface area contributed by atoms with Crippen LogP contribution >= 0.6 is 11.6 Å². The molecular formula is C17H15ClF2N8. The van der Waals surface area contributed by atoms with Crippen LogP contribution in [-0.2, 0) is 6.54 Å². The third-order valence-corrected chi connectivity index (χ3v) is 5.25. The third kappa shape index (κ3) is 2.71. The average molecular weight is 405 g/mol. The van der Waals surface area contributed by atoms with Crippen LogP contribution in [0.2, 0.25) is 5.02 Å². The zero-order chi connectivity index (χ0) is 19.5. The number of imidazole rings is 1. The van der Waals surface area contributed by atoms with Crippen LogP contribution in [0.5, 0.6) is 0 Å². The SMILES string of the molecule is CN1CC(n2c(Cn3cnnn3)nc3cnc4ccc(Cl)cc4c32)C(F)(F)C1. The zero-order valence-electron chi connectivity index (χ0n) is 14.8. The average Bonchev–Trinajstić information content (AvgIpc) is 3.32. The number of alkyl halides is 2. The summed E-state index contributed by atoms with van der Waals surface area (Å²) in [6.45, 7) is 0.0525. The molecule has 3 aromatic heterocycles. The number of likely N-dealkylation sites (N-methyl/N-ethyl adjacent to an activating group) is 1. The summed E-state index contributed by atoms with van der Waals surface area (Å²) in [5.41, 5.74) is 1.79. The van der Waals surface area contributed by atoms with Gasteiger partial charge in [0.15, 0.2) is 0 Å². The number of aromatic nitrogens is 7. The largest absolute Gasteiger partial charge is 0.315 e. The van der Waals surface area contributed by atoms with Crippen LogP contribution in [-0.4, -0.2) is 65.7 Å². The Bertz CT molecular complexity index is 1170. The highest BCUT2D eigenvalue weighted by atomic mass is 35.5. The van der Waals surface area contributed by atoms with E-state index in [2.05, 4.69) is 25.5 Å². The number of halogens is 3. The molecule has 1 aliphatic heterocycles. The van der Waals surface area contributed by atoms with Crippen molar-refractivity contribution in [2.24, 2.45) is 0 Å². The van der Waals surface area contributed by atoms with Gasteiger partial charge in [0.1, 0.15) is 30.3 Å². The van der Waals surface area contributed by atoms with Gasteiger partial charge in [-0.15, -0.1) is 5.10 Å². The van der Waals surface area contributed by atoms with E-state index in [9.17, 15) is 8.78 Å². The summed E-state index contributed by atoms with van der Waals surface area (Å²) in [4.78, 5) is 10.6. The monoisotopic (exact) mass is 404 g/mol. The molecule has 1 atom stereocenters. The van der Waals surface area contributed by atoms with E-state index in [-0.39, 0.29) is 19.6 Å². The number of likely N-dealkylation sites (tertiary alicyclic amines) is 1. The fraction of sp³-hybridized carbons (Fsp3) is 0.353. The topological polar surface area (TPSA) is 77.5 Å². The van der Waals surface area contributed by atoms with Gasteiger partial charge in [-0.2, -0.15) is 0 Å². The van der Waals surface area contributed by atoms with Gasteiger partial charge in [-0.05, 0) is 35.7 Å². The number of tetrazole rings is 1. The van der Waals surface area contributed by atoms with Crippen LogP contribution in [0, 0.1) is 0 Å². The maximum atomic E-state index is 14.9. The number of hydrogen-bond donors (Lipinski definition) is 0. The van der Waals surface area contributed by atoms with Crippen molar-refractivity contribution in [3.05, 3.63) is 41.6 Å². The second-order valence-corrected chi connectivity index (χ2v) is 7.47. The number of nitrogens with zero attached hydrogens (tertiary/aromatic N) is 8. The Morgan fingerprint density at radius 2 is 2.14 bits per heavy atom. The van der Waals surface area contributed by atoms with E-state index in [1.807, 2.05) is 0 Å². The van der Waals surface area contributed by atoms with Gasteiger partial charge in [-0.25, -0.2) is 18.4 Å². The summed E-state index contributed by atoms with van der Waals surface area (Å²) in [6.07, 6.45) is 3.03. The van der Waals surface area contributed by atoms with Crippen LogP contribution in [0.1, 0.15) is 11.9 Å². The second-order valence-electron chi connectivity index (χ2n) is 7.03. The lowest BCUT2D eigenvalue weighted by Gasteiger charge is -2.22. The standard InChI is InChI=1S/C17H15ClF2N8/c1-26-6-14(17(19,20)8-26)28-15(7-27-9-22-24-25-27)23-13-5-21-12-3-2-10(18)4-11(12)16(13)28/h2-5,9,14H,6-8H2,1H3. The molecule has 1 fully saturated rings. The molecule has 4 heterocycles. The maximum Gasteiger partial charge on any atom is 0.282 e. The number of fused-ring (bicyclic) bond motifs is 3. The number of pyridine rings is 1. The Balaban J connectivity index is 1.81. The fourth-order valence-corrected chi connectivity index (χ4v) is 4.04. The van der Waals surface area contributed by atoms with Crippen LogP contribution < -0.4 is 0 Å². The molecule has 0 radical (unpaired) electrons. The van der Waals surface area contributed by atoms with E-state index in [4.69, 9.17) is 11.6 Å². The van der Waals surface area contributed by atoms with E-state index in [0.29, 0.717) is 32.8 Å². The summed E-state index contributed by atoms with van der Waals surface area (Å²) < 4.78 is 32.9. The molecule has 5 rings (SSSR count). The van der Waals surface area contributed by atoms with Crippen LogP contribution in [0.25, 0.3) is 21.9 Å². The molecule has 0 spiro atoms. The minimum Gasteiger partial charge on any atom is -0.315 e. The summed E-state index contributed by atoms with van der Waals surface area (Å²) in [5, 5.41) is 12.3. The molecule has 1 aromatic carbocycles. The Morgan fingerprint density at radius 1 is 1.29 bits per heavy atom. The van der Waals surface area contributed by atoms with Gasteiger partial charge in [-0.1, -0.05) is 11.6 Å². The van der Waals surface area contributed by atoms with Gasteiger partial charge in [0, 0.05) is 17.0 Å². The van der Waals surface area contributed by atoms with E-state index in [0.717, 1.165) is 0 Å². The van der Waals surface area contributed by atoms with Gasteiger partial charge >= 0.3 is 0 Å². The molecule has 4 aromatic rings. The predicted octanol–water partition coefficient (Wildman–Crippen LogP) is 2.39. The van der Waals surface area contributed by atoms with Crippen molar-refractivity contribution in [1.29, 1.82) is 0 Å². The van der Waals surface area contributed by atoms with E-state index in [1.165, 1.54) is 11.0 Å². The molecule has 1 unspecified atom stereocenters. The van der Waals surface area contributed by atoms with E-state index >= 15 is 0 Å². The minimum absolute atomic E-state index is 0.167. The first-order chi connectivity index (χ1) is 13.4. The summed E-state index contributed by atoms with van der Waals surface area (Å²) in [6, 6.07) is 4.17. The molecule has 0 N–H and O–H groups in total. The summed E-state index contributed by atoms with van der Waals surface area (Å²) in [7, 11) is 1.69. The van der Waals surface area contributed by atoms with Gasteiger partial charge < -0.3 is 4.57 Å². The Hall–Kier alpha value is -2.72. The molecule has 11 heteroatoms. The zero-order valence-corrected chi connectivity index (χ0v) is 15.6. The first-order valence-corrected chi connectivity index (χ1v) is 9.02. The van der Waals surface area contributed by atoms with Crippen molar-refractivity contribution in [1.82, 2.24) is 39.6 Å². The normalized spacial score (nSPS) is 19.8. The molecular weight excluding hydrogens is 390 g/mol. The van der Waals surface area contributed by atoms with Gasteiger partial charge in [0.25, 0.3) is 5.92 Å². The van der Waals surface area contributed by atoms with Crippen LogP contribution in [0.15, 0.2) is 30.7 Å². The van der Waals surface area contributed by atoms with E-state index < -0.39 is 12.0 Å². The van der Waals surface area contributed by atoms with Crippen molar-refractivity contribution in [2.45, 2.75) is 18.5 Å². The highest BCUT2D eigenvalue weighted by molar-refractivity contribution is 6.31. The molecule has 1 saturated heterocycles. The van der Waals surface area contributed by atoms with Crippen molar-refractivity contribution in [3.63, 3.8) is 0 Å². The first-order valence-electron chi connectivity index (χ1n) is 8.64. The van der Waals surface area contributed by atoms with Crippen molar-refractivity contribution in [3.8, 4) is 0 Å². The summed E-state index contributed by atoms with van der Waals surface area (Å²) >= 11 is 6.19. The molecule has 1 aliphatic rings. The van der Waals surface area contributed by atoms with Gasteiger partial charge in [0.05, 0.1) is 23.8 Å². The van der Waals surface area contributed by atoms with Crippen LogP contribution in [0.4, 0.5) is 8.78 Å². The lowest BCUT2D eigenvalue weighted by Crippen LogP contribution is -2.31. The smallest absolute Gasteiger partial charge is 0.282 e. The summed E-state index contributed by atoms with van der Waals surface area (Å²) in [5.74, 6) is -2.47. The first kappa shape index (κ1) is 17.4. The Kier molecular flexibility index (Phi) is 3.81. The Labute approximate surface area is 162 Å².